The molecule has 0 atom stereocenters. The third-order valence-corrected chi connectivity index (χ3v) is 3.48. The summed E-state index contributed by atoms with van der Waals surface area (Å²) >= 11 is 0. The van der Waals surface area contributed by atoms with Gasteiger partial charge in [0.25, 0.3) is 0 Å². The molecular weight excluding hydrogens is 236 g/mol. The van der Waals surface area contributed by atoms with Gasteiger partial charge in [-0.15, -0.1) is 5.10 Å². The molecule has 1 aromatic heterocycles. The molecule has 1 heterocycles. The minimum Gasteiger partial charge on any atom is -0.218 e. The number of rotatable bonds is 3. The van der Waals surface area contributed by atoms with Crippen LogP contribution in [-0.4, -0.2) is 20.2 Å². The third-order valence-electron chi connectivity index (χ3n) is 3.48. The fourth-order valence-electron chi connectivity index (χ4n) is 2.32. The first kappa shape index (κ1) is 11.6. The minimum atomic E-state index is -0.411. The predicted octanol–water partition coefficient (Wildman–Crippen LogP) is 2.48. The standard InChI is InChI=1S/C15H14N4/c1-15(19-12-16-17-18-19,13-8-4-2-5-9-13)14-10-6-3-7-11-14/h2-12H,1H3. The number of aromatic nitrogens is 4. The van der Waals surface area contributed by atoms with Gasteiger partial charge >= 0.3 is 0 Å². The summed E-state index contributed by atoms with van der Waals surface area (Å²) in [4.78, 5) is 0. The lowest BCUT2D eigenvalue weighted by Gasteiger charge is -2.30. The Kier molecular flexibility index (Phi) is 2.83. The largest absolute Gasteiger partial charge is 0.218 e. The van der Waals surface area contributed by atoms with Crippen LogP contribution >= 0.6 is 0 Å². The van der Waals surface area contributed by atoms with Crippen molar-refractivity contribution >= 4 is 0 Å². The lowest BCUT2D eigenvalue weighted by Crippen LogP contribution is -2.33. The summed E-state index contributed by atoms with van der Waals surface area (Å²) in [6.45, 7) is 2.12. The lowest BCUT2D eigenvalue weighted by molar-refractivity contribution is 0.414. The van der Waals surface area contributed by atoms with Gasteiger partial charge in [-0.2, -0.15) is 0 Å². The van der Waals surface area contributed by atoms with E-state index in [9.17, 15) is 0 Å². The van der Waals surface area contributed by atoms with E-state index in [2.05, 4.69) is 46.7 Å². The van der Waals surface area contributed by atoms with Gasteiger partial charge in [0.2, 0.25) is 0 Å². The van der Waals surface area contributed by atoms with Crippen LogP contribution in [0.1, 0.15) is 18.1 Å². The summed E-state index contributed by atoms with van der Waals surface area (Å²) < 4.78 is 1.79. The van der Waals surface area contributed by atoms with Crippen molar-refractivity contribution in [3.63, 3.8) is 0 Å². The molecule has 19 heavy (non-hydrogen) atoms. The lowest BCUT2D eigenvalue weighted by atomic mass is 9.85. The molecule has 3 aromatic rings. The van der Waals surface area contributed by atoms with Crippen LogP contribution in [0.5, 0.6) is 0 Å². The Morgan fingerprint density at radius 1 is 0.842 bits per heavy atom. The Labute approximate surface area is 111 Å². The maximum atomic E-state index is 4.10. The van der Waals surface area contributed by atoms with Gasteiger partial charge in [-0.1, -0.05) is 60.7 Å². The van der Waals surface area contributed by atoms with E-state index in [1.54, 1.807) is 11.0 Å². The van der Waals surface area contributed by atoms with Crippen molar-refractivity contribution in [2.24, 2.45) is 0 Å². The average molecular weight is 250 g/mol. The van der Waals surface area contributed by atoms with Crippen LogP contribution in [0, 0.1) is 0 Å². The van der Waals surface area contributed by atoms with Gasteiger partial charge in [-0.3, -0.25) is 0 Å². The van der Waals surface area contributed by atoms with Gasteiger partial charge < -0.3 is 0 Å². The van der Waals surface area contributed by atoms with Crippen molar-refractivity contribution in [1.29, 1.82) is 0 Å². The Morgan fingerprint density at radius 3 is 1.79 bits per heavy atom. The van der Waals surface area contributed by atoms with Crippen molar-refractivity contribution in [3.05, 3.63) is 78.1 Å². The SMILES string of the molecule is CC(c1ccccc1)(c1ccccc1)n1cnnn1. The van der Waals surface area contributed by atoms with Crippen LogP contribution < -0.4 is 0 Å². The molecule has 0 fully saturated rings. The van der Waals surface area contributed by atoms with E-state index in [1.807, 2.05) is 36.4 Å². The van der Waals surface area contributed by atoms with Crippen molar-refractivity contribution in [2.45, 2.75) is 12.5 Å². The van der Waals surface area contributed by atoms with E-state index in [4.69, 9.17) is 0 Å². The van der Waals surface area contributed by atoms with Crippen molar-refractivity contribution in [1.82, 2.24) is 20.2 Å². The molecule has 4 nitrogen and oxygen atoms in total. The van der Waals surface area contributed by atoms with Crippen LogP contribution in [0.25, 0.3) is 0 Å². The number of benzene rings is 2. The van der Waals surface area contributed by atoms with Crippen LogP contribution in [0.4, 0.5) is 0 Å². The summed E-state index contributed by atoms with van der Waals surface area (Å²) in [7, 11) is 0. The number of hydrogen-bond donors (Lipinski definition) is 0. The van der Waals surface area contributed by atoms with Crippen molar-refractivity contribution < 1.29 is 0 Å². The fourth-order valence-corrected chi connectivity index (χ4v) is 2.32. The Bertz CT molecular complexity index is 593. The zero-order valence-corrected chi connectivity index (χ0v) is 10.6. The van der Waals surface area contributed by atoms with Gasteiger partial charge in [-0.25, -0.2) is 4.68 Å². The van der Waals surface area contributed by atoms with Gasteiger partial charge in [0.1, 0.15) is 11.9 Å². The summed E-state index contributed by atoms with van der Waals surface area (Å²) in [5, 5.41) is 11.6. The van der Waals surface area contributed by atoms with Crippen molar-refractivity contribution in [3.8, 4) is 0 Å². The predicted molar refractivity (Wildman–Crippen MR) is 72.6 cm³/mol. The van der Waals surface area contributed by atoms with E-state index in [0.29, 0.717) is 0 Å². The Hall–Kier alpha value is -2.49. The summed E-state index contributed by atoms with van der Waals surface area (Å²) in [5.41, 5.74) is 1.88. The molecule has 0 saturated heterocycles. The highest BCUT2D eigenvalue weighted by atomic mass is 15.5. The molecule has 2 aromatic carbocycles. The van der Waals surface area contributed by atoms with Gasteiger partial charge in [0.15, 0.2) is 0 Å². The summed E-state index contributed by atoms with van der Waals surface area (Å²) in [5.74, 6) is 0. The molecule has 94 valence electrons. The number of hydrogen-bond acceptors (Lipinski definition) is 3. The van der Waals surface area contributed by atoms with Crippen LogP contribution in [0.15, 0.2) is 67.0 Å². The molecule has 0 saturated carbocycles. The molecule has 0 aliphatic rings. The molecule has 0 aliphatic carbocycles. The Morgan fingerprint density at radius 2 is 1.37 bits per heavy atom. The Balaban J connectivity index is 2.23. The monoisotopic (exact) mass is 250 g/mol. The highest BCUT2D eigenvalue weighted by molar-refractivity contribution is 5.37. The maximum absolute atomic E-state index is 4.10. The topological polar surface area (TPSA) is 43.6 Å². The summed E-state index contributed by atoms with van der Waals surface area (Å²) in [6.07, 6.45) is 1.65. The zero-order chi connectivity index (χ0) is 13.1. The van der Waals surface area contributed by atoms with Crippen LogP contribution in [0.2, 0.25) is 0 Å². The van der Waals surface area contributed by atoms with Crippen LogP contribution in [0.3, 0.4) is 0 Å². The van der Waals surface area contributed by atoms with Crippen molar-refractivity contribution in [2.75, 3.05) is 0 Å². The van der Waals surface area contributed by atoms with E-state index in [1.165, 1.54) is 0 Å². The maximum Gasteiger partial charge on any atom is 0.139 e. The molecule has 3 rings (SSSR count). The molecule has 4 heteroatoms. The fraction of sp³-hybridized carbons (Fsp3) is 0.133. The first-order valence-electron chi connectivity index (χ1n) is 6.16. The zero-order valence-electron chi connectivity index (χ0n) is 10.6. The highest BCUT2D eigenvalue weighted by Gasteiger charge is 2.31. The van der Waals surface area contributed by atoms with Gasteiger partial charge in [0.05, 0.1) is 0 Å². The second-order valence-electron chi connectivity index (χ2n) is 4.56. The second-order valence-corrected chi connectivity index (χ2v) is 4.56. The van der Waals surface area contributed by atoms with E-state index in [-0.39, 0.29) is 0 Å². The van der Waals surface area contributed by atoms with E-state index >= 15 is 0 Å². The molecule has 0 aliphatic heterocycles. The van der Waals surface area contributed by atoms with E-state index in [0.717, 1.165) is 11.1 Å². The smallest absolute Gasteiger partial charge is 0.139 e. The third kappa shape index (κ3) is 1.91. The number of nitrogens with zero attached hydrogens (tertiary/aromatic N) is 4. The first-order valence-corrected chi connectivity index (χ1v) is 6.16. The molecule has 0 radical (unpaired) electrons. The molecule has 0 N–H and O–H groups in total. The van der Waals surface area contributed by atoms with Gasteiger partial charge in [-0.05, 0) is 28.5 Å². The highest BCUT2D eigenvalue weighted by Crippen LogP contribution is 2.32. The molecule has 0 amide bonds. The van der Waals surface area contributed by atoms with Crippen LogP contribution in [-0.2, 0) is 5.54 Å². The number of tetrazole rings is 1. The van der Waals surface area contributed by atoms with E-state index < -0.39 is 5.54 Å². The first-order chi connectivity index (χ1) is 9.32. The molecular formula is C15H14N4. The quantitative estimate of drug-likeness (QED) is 0.717. The second kappa shape index (κ2) is 4.65. The average Bonchev–Trinajstić information content (AvgIpc) is 3.03. The molecule has 0 bridgehead atoms. The minimum absolute atomic E-state index is 0.411. The molecule has 0 spiro atoms. The summed E-state index contributed by atoms with van der Waals surface area (Å²) in [6, 6.07) is 20.5. The normalized spacial score (nSPS) is 11.4. The van der Waals surface area contributed by atoms with Gasteiger partial charge in [0, 0.05) is 0 Å². The molecule has 0 unspecified atom stereocenters.